The number of nitrogens with one attached hydrogen (secondary N) is 1. The zero-order chi connectivity index (χ0) is 24.3. The Balaban J connectivity index is -0.00000272. The summed E-state index contributed by atoms with van der Waals surface area (Å²) in [5, 5.41) is 10.0. The first-order chi connectivity index (χ1) is 14.6. The van der Waals surface area contributed by atoms with Crippen molar-refractivity contribution in [1.82, 2.24) is 9.55 Å². The number of hydrogen-bond acceptors (Lipinski definition) is 15. The molecule has 0 aromatic carbocycles. The third-order valence-electron chi connectivity index (χ3n) is 3.74. The number of aromatic nitrogens is 2. The molecule has 1 aliphatic rings. The van der Waals surface area contributed by atoms with Crippen LogP contribution in [0.1, 0.15) is 18.2 Å². The van der Waals surface area contributed by atoms with Crippen molar-refractivity contribution >= 4 is 29.5 Å². The van der Waals surface area contributed by atoms with Crippen LogP contribution in [0.5, 0.6) is 0 Å². The maximum atomic E-state index is 12.1. The van der Waals surface area contributed by atoms with Crippen LogP contribution in [0.15, 0.2) is 21.9 Å². The molecule has 1 aliphatic heterocycles. The largest absolute Gasteiger partial charge is 1.00 e. The summed E-state index contributed by atoms with van der Waals surface area (Å²) in [5.41, 5.74) is 3.71. The third-order valence-corrected chi connectivity index (χ3v) is 7.41. The molecule has 2 rings (SSSR count). The van der Waals surface area contributed by atoms with E-state index in [0.717, 1.165) is 10.8 Å². The van der Waals surface area contributed by atoms with Gasteiger partial charge in [0.1, 0.15) is 12.3 Å². The fourth-order valence-corrected chi connectivity index (χ4v) is 5.38. The van der Waals surface area contributed by atoms with E-state index >= 15 is 0 Å². The molecule has 0 bridgehead atoms. The van der Waals surface area contributed by atoms with Gasteiger partial charge in [-0.25, -0.2) is 9.11 Å². The van der Waals surface area contributed by atoms with Gasteiger partial charge in [0.2, 0.25) is 0 Å². The fraction of sp³-hybridized carbons (Fsp3) is 0.500. The molecular formula is C12H16N3Na4O14P3. The van der Waals surface area contributed by atoms with Gasteiger partial charge in [0.25, 0.3) is 21.2 Å². The molecule has 182 valence electrons. The molecular weight excluding hydrogens is 595 g/mol. The number of aliphatic hydroxyl groups is 1. The van der Waals surface area contributed by atoms with Crippen LogP contribution >= 0.6 is 23.5 Å². The predicted molar refractivity (Wildman–Crippen MR) is 94.9 cm³/mol. The maximum Gasteiger partial charge on any atom is 1.00 e. The summed E-state index contributed by atoms with van der Waals surface area (Å²) in [4.78, 5) is 69.2. The van der Waals surface area contributed by atoms with E-state index in [0.29, 0.717) is 0 Å². The number of rotatable bonds is 10. The molecule has 0 radical (unpaired) electrons. The molecule has 2 unspecified atom stereocenters. The Morgan fingerprint density at radius 1 is 1.11 bits per heavy atom. The van der Waals surface area contributed by atoms with Gasteiger partial charge < -0.3 is 44.2 Å². The van der Waals surface area contributed by atoms with Gasteiger partial charge in [-0.05, 0) is 0 Å². The van der Waals surface area contributed by atoms with E-state index in [4.69, 9.17) is 10.5 Å². The normalized spacial score (nSPS) is 22.8. The van der Waals surface area contributed by atoms with Crippen molar-refractivity contribution in [2.45, 2.75) is 24.9 Å². The second kappa shape index (κ2) is 18.3. The van der Waals surface area contributed by atoms with Crippen molar-refractivity contribution in [2.75, 3.05) is 13.2 Å². The van der Waals surface area contributed by atoms with Crippen LogP contribution < -0.4 is 155 Å². The van der Waals surface area contributed by atoms with E-state index < -0.39 is 59.8 Å². The van der Waals surface area contributed by atoms with Crippen molar-refractivity contribution in [1.29, 1.82) is 0 Å². The first kappa shape index (κ1) is 43.2. The number of aromatic amines is 1. The van der Waals surface area contributed by atoms with Crippen molar-refractivity contribution < 1.29 is 174 Å². The van der Waals surface area contributed by atoms with Gasteiger partial charge in [-0.2, -0.15) is 0 Å². The average molecular weight is 611 g/mol. The van der Waals surface area contributed by atoms with E-state index in [9.17, 15) is 48.0 Å². The van der Waals surface area contributed by atoms with Crippen LogP contribution in [0.2, 0.25) is 0 Å². The second-order valence-corrected chi connectivity index (χ2v) is 10.4. The van der Waals surface area contributed by atoms with E-state index in [1.807, 2.05) is 4.98 Å². The van der Waals surface area contributed by atoms with Gasteiger partial charge >= 0.3 is 124 Å². The van der Waals surface area contributed by atoms with Gasteiger partial charge in [-0.15, -0.1) is 0 Å². The summed E-state index contributed by atoms with van der Waals surface area (Å²) < 4.78 is 49.9. The van der Waals surface area contributed by atoms with Gasteiger partial charge in [0, 0.05) is 19.2 Å². The molecule has 1 aromatic rings. The number of hydrogen-bond donors (Lipinski definition) is 3. The molecule has 2 heterocycles. The van der Waals surface area contributed by atoms with Crippen molar-refractivity contribution in [3.63, 3.8) is 0 Å². The molecule has 1 saturated heterocycles. The smallest absolute Gasteiger partial charge is 0.790 e. The van der Waals surface area contributed by atoms with Gasteiger partial charge in [-0.3, -0.25) is 27.8 Å². The second-order valence-electron chi connectivity index (χ2n) is 6.12. The van der Waals surface area contributed by atoms with Gasteiger partial charge in [0.15, 0.2) is 0 Å². The Bertz CT molecular complexity index is 1130. The number of aliphatic hydroxyl groups excluding tert-OH is 1. The van der Waals surface area contributed by atoms with Crippen LogP contribution in [0, 0.1) is 0 Å². The number of H-pyrrole nitrogens is 1. The Morgan fingerprint density at radius 3 is 2.22 bits per heavy atom. The van der Waals surface area contributed by atoms with Crippen molar-refractivity contribution in [3.8, 4) is 0 Å². The predicted octanol–water partition coefficient (Wildman–Crippen LogP) is -16.0. The monoisotopic (exact) mass is 611 g/mol. The minimum Gasteiger partial charge on any atom is -0.790 e. The van der Waals surface area contributed by atoms with Gasteiger partial charge in [0.05, 0.1) is 26.1 Å². The van der Waals surface area contributed by atoms with E-state index in [-0.39, 0.29) is 137 Å². The minimum atomic E-state index is -6.13. The van der Waals surface area contributed by atoms with Crippen LogP contribution in [0.3, 0.4) is 0 Å². The molecule has 1 aromatic heterocycles. The molecule has 4 N–H and O–H groups in total. The molecule has 0 aliphatic carbocycles. The first-order valence-electron chi connectivity index (χ1n) is 8.39. The fourth-order valence-electron chi connectivity index (χ4n) is 2.51. The topological polar surface area (TPSA) is 281 Å². The molecule has 0 spiro atoms. The Kier molecular flexibility index (Phi) is 21.9. The third kappa shape index (κ3) is 14.6. The van der Waals surface area contributed by atoms with Crippen molar-refractivity contribution in [2.24, 2.45) is 5.73 Å². The van der Waals surface area contributed by atoms with Gasteiger partial charge in [-0.1, -0.05) is 12.2 Å². The van der Waals surface area contributed by atoms with E-state index in [1.54, 1.807) is 0 Å². The van der Waals surface area contributed by atoms with Crippen molar-refractivity contribution in [3.05, 3.63) is 38.7 Å². The quantitative estimate of drug-likeness (QED) is 0.164. The number of phosphoric ester groups is 1. The zero-order valence-corrected chi connectivity index (χ0v) is 30.4. The SMILES string of the molecule is NC/C=C/c1cn([C@@H]2C[C@H](O)[C@H](COP(=O)([O-])OP(=O)([O-])OP(=O)([O-])[O-])O2)c(=O)[nH]c1=O.[Na+].[Na+].[Na+].[Na+]. The van der Waals surface area contributed by atoms with Crippen LogP contribution in [0.4, 0.5) is 0 Å². The first-order valence-corrected chi connectivity index (χ1v) is 12.8. The van der Waals surface area contributed by atoms with E-state index in [1.165, 1.54) is 12.2 Å². The Labute approximate surface area is 292 Å². The summed E-state index contributed by atoms with van der Waals surface area (Å²) in [5.74, 6) is 0. The molecule has 5 atom stereocenters. The zero-order valence-electron chi connectivity index (χ0n) is 19.7. The molecule has 0 saturated carbocycles. The number of ether oxygens (including phenoxy) is 1. The summed E-state index contributed by atoms with van der Waals surface area (Å²) >= 11 is 0. The average Bonchev–Trinajstić information content (AvgIpc) is 2.97. The Morgan fingerprint density at radius 2 is 1.69 bits per heavy atom. The number of nitrogens with two attached hydrogens (primary N) is 1. The minimum absolute atomic E-state index is 0. The number of phosphoric acid groups is 3. The molecule has 1 fully saturated rings. The van der Waals surface area contributed by atoms with Crippen LogP contribution in [-0.2, 0) is 31.6 Å². The summed E-state index contributed by atoms with van der Waals surface area (Å²) in [6, 6.07) is 0. The Hall–Kier alpha value is 2.71. The molecule has 36 heavy (non-hydrogen) atoms. The molecule has 24 heteroatoms. The van der Waals surface area contributed by atoms with E-state index in [2.05, 4.69) is 13.1 Å². The number of nitrogens with zero attached hydrogens (tertiary/aromatic N) is 1. The maximum absolute atomic E-state index is 12.1. The van der Waals surface area contributed by atoms with Crippen LogP contribution in [-0.4, -0.2) is 40.0 Å². The molecule has 0 amide bonds. The summed E-state index contributed by atoms with van der Waals surface area (Å²) in [6.07, 6.45) is -0.403. The summed E-state index contributed by atoms with van der Waals surface area (Å²) in [6.45, 7) is -0.917. The molecule has 17 nitrogen and oxygen atoms in total. The van der Waals surface area contributed by atoms with Crippen LogP contribution in [0.25, 0.3) is 6.08 Å². The standard InChI is InChI=1S/C12H20N3O14P3.4Na/c13-3-1-2-7-5-15(12(18)14-11(7)17)10-4-8(16)9(27-10)6-26-31(22,23)29-32(24,25)28-30(19,20)21;;;;/h1-2,5,8-10,16H,3-4,6,13H2,(H,22,23)(H,24,25)(H,14,17,18)(H2,19,20,21);;;;/q;4*+1/p-4/b2-1+;;;;/t8-,9-,10-;;;;/m0..../s1. The summed E-state index contributed by atoms with van der Waals surface area (Å²) in [7, 11) is -18.1.